The summed E-state index contributed by atoms with van der Waals surface area (Å²) in [4.78, 5) is 3.67. The van der Waals surface area contributed by atoms with Crippen LogP contribution < -0.4 is 0 Å². The molecule has 2 heteroatoms. The van der Waals surface area contributed by atoms with Crippen LogP contribution in [0.4, 0.5) is 0 Å². The predicted octanol–water partition coefficient (Wildman–Crippen LogP) is 5.52. The Labute approximate surface area is 144 Å². The van der Waals surface area contributed by atoms with Crippen molar-refractivity contribution in [1.82, 2.24) is 4.90 Å². The Hall–Kier alpha value is -1.67. The van der Waals surface area contributed by atoms with Gasteiger partial charge in [0.2, 0.25) is 0 Å². The predicted molar refractivity (Wildman–Crippen MR) is 99.3 cm³/mol. The summed E-state index contributed by atoms with van der Waals surface area (Å²) < 4.78 is 0. The normalized spacial score (nSPS) is 22.9. The van der Waals surface area contributed by atoms with Gasteiger partial charge in [-0.15, -0.1) is 0 Å². The average molecular weight is 321 g/mol. The highest BCUT2D eigenvalue weighted by atomic mass is 32.1. The van der Waals surface area contributed by atoms with E-state index >= 15 is 0 Å². The largest absolute Gasteiger partial charge is 0.353 e. The Morgan fingerprint density at radius 1 is 0.870 bits per heavy atom. The molecule has 1 aliphatic carbocycles. The number of thiocarbonyl (C=S) groups is 1. The van der Waals surface area contributed by atoms with Crippen molar-refractivity contribution in [3.05, 3.63) is 71.8 Å². The highest BCUT2D eigenvalue weighted by molar-refractivity contribution is 7.80. The molecular weight excluding hydrogens is 298 g/mol. The Bertz CT molecular complexity index is 674. The van der Waals surface area contributed by atoms with Crippen molar-refractivity contribution < 1.29 is 0 Å². The molecule has 118 valence electrons. The van der Waals surface area contributed by atoms with Gasteiger partial charge in [-0.2, -0.15) is 0 Å². The number of rotatable bonds is 3. The van der Waals surface area contributed by atoms with Gasteiger partial charge in [0.25, 0.3) is 0 Å². The Morgan fingerprint density at radius 3 is 2.13 bits per heavy atom. The van der Waals surface area contributed by atoms with Gasteiger partial charge in [-0.3, -0.25) is 0 Å². The molecule has 2 aliphatic rings. The van der Waals surface area contributed by atoms with Gasteiger partial charge in [0, 0.05) is 12.0 Å². The van der Waals surface area contributed by atoms with Crippen molar-refractivity contribution in [3.63, 3.8) is 0 Å². The third kappa shape index (κ3) is 2.49. The van der Waals surface area contributed by atoms with E-state index in [1.54, 1.807) is 0 Å². The van der Waals surface area contributed by atoms with E-state index < -0.39 is 0 Å². The van der Waals surface area contributed by atoms with Crippen LogP contribution >= 0.6 is 12.2 Å². The Balaban J connectivity index is 1.67. The fourth-order valence-corrected chi connectivity index (χ4v) is 4.99. The lowest BCUT2D eigenvalue weighted by Gasteiger charge is -2.61. The first-order valence-electron chi connectivity index (χ1n) is 8.71. The van der Waals surface area contributed by atoms with E-state index in [2.05, 4.69) is 65.6 Å². The zero-order valence-corrected chi connectivity index (χ0v) is 14.3. The highest BCUT2D eigenvalue weighted by Gasteiger charge is 2.57. The molecule has 0 N–H and O–H groups in total. The molecule has 1 saturated heterocycles. The number of hydrogen-bond acceptors (Lipinski definition) is 1. The third-order valence-electron chi connectivity index (χ3n) is 5.58. The first kappa shape index (κ1) is 14.9. The van der Waals surface area contributed by atoms with Gasteiger partial charge in [0.1, 0.15) is 0 Å². The molecule has 0 unspecified atom stereocenters. The summed E-state index contributed by atoms with van der Waals surface area (Å²) in [6.45, 7) is 0.932. The molecule has 2 aromatic carbocycles. The van der Waals surface area contributed by atoms with Gasteiger partial charge in [0.15, 0.2) is 0 Å². The molecule has 1 aliphatic heterocycles. The molecule has 23 heavy (non-hydrogen) atoms. The Kier molecular flexibility index (Phi) is 3.94. The van der Waals surface area contributed by atoms with Crippen LogP contribution in [0.3, 0.4) is 0 Å². The highest BCUT2D eigenvalue weighted by Crippen LogP contribution is 2.58. The van der Waals surface area contributed by atoms with Crippen molar-refractivity contribution in [3.8, 4) is 0 Å². The van der Waals surface area contributed by atoms with E-state index in [0.717, 1.165) is 6.54 Å². The zero-order chi connectivity index (χ0) is 15.7. The molecule has 0 aromatic heterocycles. The topological polar surface area (TPSA) is 3.24 Å². The van der Waals surface area contributed by atoms with Crippen molar-refractivity contribution >= 4 is 17.2 Å². The van der Waals surface area contributed by atoms with Crippen LogP contribution in [0.5, 0.6) is 0 Å². The summed E-state index contributed by atoms with van der Waals surface area (Å²) in [6, 6.07) is 22.2. The molecule has 2 aromatic rings. The van der Waals surface area contributed by atoms with Gasteiger partial charge >= 0.3 is 0 Å². The van der Waals surface area contributed by atoms with E-state index in [0.29, 0.717) is 6.04 Å². The van der Waals surface area contributed by atoms with E-state index in [4.69, 9.17) is 12.2 Å². The summed E-state index contributed by atoms with van der Waals surface area (Å²) in [5, 5.41) is 0. The van der Waals surface area contributed by atoms with Crippen LogP contribution in [0.15, 0.2) is 60.7 Å². The van der Waals surface area contributed by atoms with Gasteiger partial charge in [-0.1, -0.05) is 92.1 Å². The van der Waals surface area contributed by atoms with Crippen LogP contribution in [0.25, 0.3) is 0 Å². The second-order valence-electron chi connectivity index (χ2n) is 6.95. The maximum atomic E-state index is 5.94. The monoisotopic (exact) mass is 321 g/mol. The van der Waals surface area contributed by atoms with Crippen LogP contribution in [0.1, 0.15) is 49.3 Å². The minimum atomic E-state index is 0.240. The second kappa shape index (κ2) is 6.09. The molecule has 0 amide bonds. The van der Waals surface area contributed by atoms with Gasteiger partial charge < -0.3 is 4.90 Å². The second-order valence-corrected chi connectivity index (χ2v) is 7.34. The lowest BCUT2D eigenvalue weighted by Crippen LogP contribution is -2.62. The molecule has 1 heterocycles. The molecule has 0 bridgehead atoms. The fourth-order valence-electron chi connectivity index (χ4n) is 4.50. The average Bonchev–Trinajstić information content (AvgIpc) is 2.63. The van der Waals surface area contributed by atoms with E-state index in [1.807, 2.05) is 0 Å². The number of nitrogens with zero attached hydrogens (tertiary/aromatic N) is 1. The summed E-state index contributed by atoms with van der Waals surface area (Å²) >= 11 is 5.94. The number of hydrogen-bond donors (Lipinski definition) is 0. The molecule has 1 spiro atoms. The molecule has 1 saturated carbocycles. The molecule has 0 radical (unpaired) electrons. The van der Waals surface area contributed by atoms with Gasteiger partial charge in [-0.25, -0.2) is 0 Å². The minimum absolute atomic E-state index is 0.240. The lowest BCUT2D eigenvalue weighted by atomic mass is 9.60. The zero-order valence-electron chi connectivity index (χ0n) is 13.4. The van der Waals surface area contributed by atoms with Crippen LogP contribution in [-0.2, 0) is 6.54 Å². The molecule has 1 atom stereocenters. The quantitative estimate of drug-likeness (QED) is 0.685. The maximum absolute atomic E-state index is 5.94. The standard InChI is InChI=1S/C21H23NS/c23-20-21(14-8-3-9-15-21)19(18-12-6-2-7-13-18)22(20)16-17-10-4-1-5-11-17/h1-2,4-7,10-13,19H,3,8-9,14-16H2/t19-/m1/s1. The first-order chi connectivity index (χ1) is 11.3. The van der Waals surface area contributed by atoms with Crippen molar-refractivity contribution in [2.75, 3.05) is 0 Å². The van der Waals surface area contributed by atoms with Gasteiger partial charge in [-0.05, 0) is 24.0 Å². The third-order valence-corrected chi connectivity index (χ3v) is 6.22. The van der Waals surface area contributed by atoms with E-state index in [-0.39, 0.29) is 5.41 Å². The Morgan fingerprint density at radius 2 is 1.48 bits per heavy atom. The van der Waals surface area contributed by atoms with E-state index in [1.165, 1.54) is 48.2 Å². The van der Waals surface area contributed by atoms with E-state index in [9.17, 15) is 0 Å². The smallest absolute Gasteiger partial charge is 0.0874 e. The van der Waals surface area contributed by atoms with Crippen molar-refractivity contribution in [2.45, 2.75) is 44.7 Å². The summed E-state index contributed by atoms with van der Waals surface area (Å²) in [5.74, 6) is 0. The SMILES string of the molecule is S=C1N(Cc2ccccc2)[C@H](c2ccccc2)C12CCCCC2. The van der Waals surface area contributed by atoms with Gasteiger partial charge in [0.05, 0.1) is 11.0 Å². The molecular formula is C21H23NS. The summed E-state index contributed by atoms with van der Waals surface area (Å²) in [7, 11) is 0. The minimum Gasteiger partial charge on any atom is -0.353 e. The molecule has 2 fully saturated rings. The van der Waals surface area contributed by atoms with Crippen molar-refractivity contribution in [1.29, 1.82) is 0 Å². The van der Waals surface area contributed by atoms with Crippen LogP contribution in [-0.4, -0.2) is 9.89 Å². The van der Waals surface area contributed by atoms with Crippen LogP contribution in [0.2, 0.25) is 0 Å². The number of benzene rings is 2. The number of likely N-dealkylation sites (tertiary alicyclic amines) is 1. The summed E-state index contributed by atoms with van der Waals surface area (Å²) in [5.41, 5.74) is 3.02. The lowest BCUT2D eigenvalue weighted by molar-refractivity contribution is 0.0460. The fraction of sp³-hybridized carbons (Fsp3) is 0.381. The maximum Gasteiger partial charge on any atom is 0.0874 e. The first-order valence-corrected chi connectivity index (χ1v) is 9.12. The van der Waals surface area contributed by atoms with Crippen LogP contribution in [0, 0.1) is 5.41 Å². The molecule has 1 nitrogen and oxygen atoms in total. The summed E-state index contributed by atoms with van der Waals surface area (Å²) in [6.07, 6.45) is 6.53. The molecule has 4 rings (SSSR count). The van der Waals surface area contributed by atoms with Crippen molar-refractivity contribution in [2.24, 2.45) is 5.41 Å².